The van der Waals surface area contributed by atoms with E-state index in [4.69, 9.17) is 10.00 Å². The maximum absolute atomic E-state index is 8.82. The molecule has 0 heterocycles. The van der Waals surface area contributed by atoms with Crippen molar-refractivity contribution in [3.63, 3.8) is 0 Å². The van der Waals surface area contributed by atoms with Gasteiger partial charge in [-0.2, -0.15) is 5.26 Å². The van der Waals surface area contributed by atoms with E-state index in [1.54, 1.807) is 0 Å². The molecule has 4 aliphatic carbocycles. The van der Waals surface area contributed by atoms with Gasteiger partial charge in [-0.25, -0.2) is 0 Å². The quantitative estimate of drug-likeness (QED) is 0.832. The first-order valence-corrected chi connectivity index (χ1v) is 7.92. The molecule has 0 amide bonds. The number of hydrogen-bond donors (Lipinski definition) is 0. The molecule has 0 N–H and O–H groups in total. The minimum atomic E-state index is 0.499. The van der Waals surface area contributed by atoms with Crippen LogP contribution in [0.2, 0.25) is 0 Å². The summed E-state index contributed by atoms with van der Waals surface area (Å²) >= 11 is 0. The minimum Gasteiger partial charge on any atom is -0.373 e. The van der Waals surface area contributed by atoms with Crippen molar-refractivity contribution in [1.29, 1.82) is 5.26 Å². The molecule has 4 saturated carbocycles. The molecule has 0 atom stereocenters. The molecule has 4 aliphatic rings. The predicted molar refractivity (Wildman–Crippen MR) is 76.8 cm³/mol. The Labute approximate surface area is 120 Å². The van der Waals surface area contributed by atoms with E-state index in [2.05, 4.69) is 6.07 Å². The highest BCUT2D eigenvalue weighted by Gasteiger charge is 2.48. The maximum atomic E-state index is 8.82. The van der Waals surface area contributed by atoms with Crippen molar-refractivity contribution in [1.82, 2.24) is 0 Å². The van der Waals surface area contributed by atoms with E-state index in [-0.39, 0.29) is 0 Å². The molecule has 2 heteroatoms. The van der Waals surface area contributed by atoms with Crippen LogP contribution in [-0.4, -0.2) is 6.10 Å². The fourth-order valence-electron chi connectivity index (χ4n) is 5.02. The highest BCUT2D eigenvalue weighted by Crippen LogP contribution is 2.54. The average Bonchev–Trinajstić information content (AvgIpc) is 2.46. The van der Waals surface area contributed by atoms with Crippen LogP contribution in [0.15, 0.2) is 24.3 Å². The van der Waals surface area contributed by atoms with Crippen LogP contribution in [0.25, 0.3) is 0 Å². The van der Waals surface area contributed by atoms with Gasteiger partial charge in [-0.15, -0.1) is 0 Å². The molecule has 4 fully saturated rings. The molecule has 2 nitrogen and oxygen atoms in total. The molecule has 1 aromatic carbocycles. The standard InChI is InChI=1S/C18H21NO/c19-10-12-1-3-13(4-2-12)11-20-18-16-6-14-5-15(8-16)9-17(18)7-14/h1-4,14-18H,5-9,11H2. The summed E-state index contributed by atoms with van der Waals surface area (Å²) in [6.45, 7) is 0.707. The van der Waals surface area contributed by atoms with Crippen LogP contribution in [-0.2, 0) is 11.3 Å². The number of rotatable bonds is 3. The van der Waals surface area contributed by atoms with Crippen molar-refractivity contribution in [3.05, 3.63) is 35.4 Å². The lowest BCUT2D eigenvalue weighted by Crippen LogP contribution is -2.49. The monoisotopic (exact) mass is 267 g/mol. The molecule has 5 rings (SSSR count). The van der Waals surface area contributed by atoms with Crippen LogP contribution < -0.4 is 0 Å². The summed E-state index contributed by atoms with van der Waals surface area (Å²) in [6, 6.07) is 9.97. The number of nitrogens with zero attached hydrogens (tertiary/aromatic N) is 1. The molecule has 0 aromatic heterocycles. The number of nitriles is 1. The van der Waals surface area contributed by atoms with Gasteiger partial charge in [0.25, 0.3) is 0 Å². The normalized spacial score (nSPS) is 37.9. The van der Waals surface area contributed by atoms with Crippen molar-refractivity contribution in [2.75, 3.05) is 0 Å². The van der Waals surface area contributed by atoms with E-state index in [9.17, 15) is 0 Å². The van der Waals surface area contributed by atoms with E-state index in [1.807, 2.05) is 24.3 Å². The number of benzene rings is 1. The number of hydrogen-bond acceptors (Lipinski definition) is 2. The zero-order valence-corrected chi connectivity index (χ0v) is 11.8. The Balaban J connectivity index is 1.41. The largest absolute Gasteiger partial charge is 0.373 e. The molecular weight excluding hydrogens is 246 g/mol. The van der Waals surface area contributed by atoms with Crippen LogP contribution in [0, 0.1) is 35.0 Å². The van der Waals surface area contributed by atoms with E-state index < -0.39 is 0 Å². The molecular formula is C18H21NO. The van der Waals surface area contributed by atoms with Gasteiger partial charge in [0, 0.05) is 0 Å². The van der Waals surface area contributed by atoms with Gasteiger partial charge in [0.1, 0.15) is 0 Å². The minimum absolute atomic E-state index is 0.499. The Kier molecular flexibility index (Phi) is 3.04. The highest BCUT2D eigenvalue weighted by molar-refractivity contribution is 5.31. The van der Waals surface area contributed by atoms with Crippen LogP contribution in [0.5, 0.6) is 0 Å². The highest BCUT2D eigenvalue weighted by atomic mass is 16.5. The molecule has 0 unspecified atom stereocenters. The Bertz CT molecular complexity index is 499. The van der Waals surface area contributed by atoms with Gasteiger partial charge in [-0.1, -0.05) is 12.1 Å². The third kappa shape index (κ3) is 2.15. The predicted octanol–water partition coefficient (Wildman–Crippen LogP) is 3.90. The first-order chi connectivity index (χ1) is 9.81. The van der Waals surface area contributed by atoms with E-state index >= 15 is 0 Å². The molecule has 0 saturated heterocycles. The first kappa shape index (κ1) is 12.4. The fourth-order valence-corrected chi connectivity index (χ4v) is 5.02. The molecule has 1 aromatic rings. The lowest BCUT2D eigenvalue weighted by atomic mass is 9.55. The van der Waals surface area contributed by atoms with Crippen molar-refractivity contribution in [2.45, 2.75) is 44.8 Å². The summed E-state index contributed by atoms with van der Waals surface area (Å²) in [7, 11) is 0. The molecule has 104 valence electrons. The summed E-state index contributed by atoms with van der Waals surface area (Å²) in [5, 5.41) is 8.82. The maximum Gasteiger partial charge on any atom is 0.0991 e. The molecule has 4 bridgehead atoms. The van der Waals surface area contributed by atoms with Crippen molar-refractivity contribution in [2.24, 2.45) is 23.7 Å². The Morgan fingerprint density at radius 3 is 2.10 bits per heavy atom. The van der Waals surface area contributed by atoms with Crippen LogP contribution in [0.1, 0.15) is 43.2 Å². The van der Waals surface area contributed by atoms with Gasteiger partial charge in [0.15, 0.2) is 0 Å². The van der Waals surface area contributed by atoms with E-state index in [1.165, 1.54) is 37.7 Å². The lowest BCUT2D eigenvalue weighted by molar-refractivity contribution is -0.132. The first-order valence-electron chi connectivity index (χ1n) is 7.92. The van der Waals surface area contributed by atoms with Gasteiger partial charge in [-0.3, -0.25) is 0 Å². The fraction of sp³-hybridized carbons (Fsp3) is 0.611. The second-order valence-electron chi connectivity index (χ2n) is 7.02. The van der Waals surface area contributed by atoms with Crippen LogP contribution in [0.3, 0.4) is 0 Å². The van der Waals surface area contributed by atoms with Gasteiger partial charge in [-0.05, 0) is 73.5 Å². The molecule has 0 radical (unpaired) electrons. The lowest BCUT2D eigenvalue weighted by Gasteiger charge is -2.54. The number of ether oxygens (including phenoxy) is 1. The second kappa shape index (κ2) is 4.90. The van der Waals surface area contributed by atoms with Crippen LogP contribution >= 0.6 is 0 Å². The zero-order valence-electron chi connectivity index (χ0n) is 11.8. The van der Waals surface area contributed by atoms with Gasteiger partial charge >= 0.3 is 0 Å². The zero-order chi connectivity index (χ0) is 13.5. The summed E-state index contributed by atoms with van der Waals surface area (Å²) in [5.74, 6) is 3.66. The second-order valence-corrected chi connectivity index (χ2v) is 7.02. The summed E-state index contributed by atoms with van der Waals surface area (Å²) in [5.41, 5.74) is 1.92. The van der Waals surface area contributed by atoms with Crippen molar-refractivity contribution >= 4 is 0 Å². The Morgan fingerprint density at radius 1 is 0.950 bits per heavy atom. The third-order valence-corrected chi connectivity index (χ3v) is 5.67. The van der Waals surface area contributed by atoms with E-state index in [0.717, 1.165) is 29.2 Å². The smallest absolute Gasteiger partial charge is 0.0991 e. The Morgan fingerprint density at radius 2 is 1.55 bits per heavy atom. The Hall–Kier alpha value is -1.33. The topological polar surface area (TPSA) is 33.0 Å². The van der Waals surface area contributed by atoms with Gasteiger partial charge < -0.3 is 4.74 Å². The third-order valence-electron chi connectivity index (χ3n) is 5.67. The van der Waals surface area contributed by atoms with Gasteiger partial charge in [0.2, 0.25) is 0 Å². The molecule has 0 aliphatic heterocycles. The summed E-state index contributed by atoms with van der Waals surface area (Å²) in [6.07, 6.45) is 7.63. The van der Waals surface area contributed by atoms with E-state index in [0.29, 0.717) is 12.7 Å². The van der Waals surface area contributed by atoms with Crippen LogP contribution in [0.4, 0.5) is 0 Å². The van der Waals surface area contributed by atoms with Gasteiger partial charge in [0.05, 0.1) is 24.3 Å². The molecule has 20 heavy (non-hydrogen) atoms. The van der Waals surface area contributed by atoms with Crippen molar-refractivity contribution in [3.8, 4) is 6.07 Å². The summed E-state index contributed by atoms with van der Waals surface area (Å²) in [4.78, 5) is 0. The summed E-state index contributed by atoms with van der Waals surface area (Å²) < 4.78 is 6.30. The SMILES string of the molecule is N#Cc1ccc(COC2C3CC4CC(C3)CC2C4)cc1. The average molecular weight is 267 g/mol. The van der Waals surface area contributed by atoms with Crippen molar-refractivity contribution < 1.29 is 4.74 Å². The molecule has 0 spiro atoms.